The highest BCUT2D eigenvalue weighted by atomic mass is 35.5. The highest BCUT2D eigenvalue weighted by Gasteiger charge is 2.23. The molecule has 0 saturated heterocycles. The standard InChI is InChI=1S/C11H9ClFN/c12-10-4-8(3-7-1-2-7)9(6-14)5-11(10)13/h4-5,7H,1-3H2. The molecule has 0 spiro atoms. The van der Waals surface area contributed by atoms with Gasteiger partial charge in [-0.3, -0.25) is 0 Å². The molecule has 1 saturated carbocycles. The molecule has 1 aliphatic carbocycles. The first kappa shape index (κ1) is 9.48. The third-order valence-electron chi connectivity index (χ3n) is 2.47. The number of nitriles is 1. The molecule has 0 aliphatic heterocycles. The van der Waals surface area contributed by atoms with Crippen LogP contribution in [0.3, 0.4) is 0 Å². The summed E-state index contributed by atoms with van der Waals surface area (Å²) >= 11 is 5.66. The van der Waals surface area contributed by atoms with E-state index in [1.54, 1.807) is 6.07 Å². The Morgan fingerprint density at radius 2 is 2.21 bits per heavy atom. The van der Waals surface area contributed by atoms with Gasteiger partial charge in [0.05, 0.1) is 16.7 Å². The van der Waals surface area contributed by atoms with Crippen molar-refractivity contribution in [3.63, 3.8) is 0 Å². The van der Waals surface area contributed by atoms with Gasteiger partial charge >= 0.3 is 0 Å². The number of nitrogens with zero attached hydrogens (tertiary/aromatic N) is 1. The zero-order valence-electron chi connectivity index (χ0n) is 7.56. The van der Waals surface area contributed by atoms with Gasteiger partial charge in [0.1, 0.15) is 5.82 Å². The summed E-state index contributed by atoms with van der Waals surface area (Å²) in [4.78, 5) is 0. The molecule has 1 aliphatic rings. The van der Waals surface area contributed by atoms with Gasteiger partial charge in [0.25, 0.3) is 0 Å². The summed E-state index contributed by atoms with van der Waals surface area (Å²) in [5.41, 5.74) is 1.29. The predicted molar refractivity (Wildman–Crippen MR) is 52.6 cm³/mol. The Hall–Kier alpha value is -1.07. The van der Waals surface area contributed by atoms with Crippen LogP contribution in [0.4, 0.5) is 4.39 Å². The summed E-state index contributed by atoms with van der Waals surface area (Å²) < 4.78 is 13.0. The summed E-state index contributed by atoms with van der Waals surface area (Å²) in [5.74, 6) is 0.159. The smallest absolute Gasteiger partial charge is 0.143 e. The van der Waals surface area contributed by atoms with Gasteiger partial charge in [0.15, 0.2) is 0 Å². The fourth-order valence-electron chi connectivity index (χ4n) is 1.49. The number of rotatable bonds is 2. The second-order valence-corrected chi connectivity index (χ2v) is 4.09. The molecule has 0 aromatic heterocycles. The Bertz CT molecular complexity index is 404. The lowest BCUT2D eigenvalue weighted by atomic mass is 10.0. The van der Waals surface area contributed by atoms with Crippen molar-refractivity contribution in [3.8, 4) is 6.07 Å². The summed E-state index contributed by atoms with van der Waals surface area (Å²) in [6.45, 7) is 0. The largest absolute Gasteiger partial charge is 0.205 e. The van der Waals surface area contributed by atoms with Crippen LogP contribution in [0.15, 0.2) is 12.1 Å². The Balaban J connectivity index is 2.36. The second-order valence-electron chi connectivity index (χ2n) is 3.68. The second kappa shape index (κ2) is 3.59. The first-order valence-electron chi connectivity index (χ1n) is 4.58. The highest BCUT2D eigenvalue weighted by molar-refractivity contribution is 6.30. The minimum Gasteiger partial charge on any atom is -0.205 e. The predicted octanol–water partition coefficient (Wildman–Crippen LogP) is 3.30. The zero-order valence-corrected chi connectivity index (χ0v) is 8.31. The van der Waals surface area contributed by atoms with E-state index in [-0.39, 0.29) is 5.02 Å². The summed E-state index contributed by atoms with van der Waals surface area (Å²) in [7, 11) is 0. The molecule has 1 aromatic rings. The molecular formula is C11H9ClFN. The van der Waals surface area contributed by atoms with E-state index in [0.29, 0.717) is 11.5 Å². The molecule has 0 N–H and O–H groups in total. The molecule has 0 heterocycles. The molecule has 72 valence electrons. The van der Waals surface area contributed by atoms with Gasteiger partial charge in [-0.15, -0.1) is 0 Å². The van der Waals surface area contributed by atoms with E-state index in [4.69, 9.17) is 16.9 Å². The van der Waals surface area contributed by atoms with Crippen molar-refractivity contribution in [3.05, 3.63) is 34.1 Å². The van der Waals surface area contributed by atoms with Crippen molar-refractivity contribution in [1.29, 1.82) is 5.26 Å². The van der Waals surface area contributed by atoms with E-state index in [2.05, 4.69) is 0 Å². The van der Waals surface area contributed by atoms with Crippen molar-refractivity contribution < 1.29 is 4.39 Å². The Kier molecular flexibility index (Phi) is 2.43. The van der Waals surface area contributed by atoms with Crippen LogP contribution in [-0.2, 0) is 6.42 Å². The van der Waals surface area contributed by atoms with Gasteiger partial charge in [-0.2, -0.15) is 5.26 Å². The van der Waals surface area contributed by atoms with Crippen LogP contribution in [-0.4, -0.2) is 0 Å². The van der Waals surface area contributed by atoms with Crippen molar-refractivity contribution in [1.82, 2.24) is 0 Å². The van der Waals surface area contributed by atoms with Crippen LogP contribution >= 0.6 is 11.6 Å². The van der Waals surface area contributed by atoms with E-state index in [1.807, 2.05) is 6.07 Å². The maximum absolute atomic E-state index is 13.0. The maximum atomic E-state index is 13.0. The molecule has 1 nitrogen and oxygen atoms in total. The maximum Gasteiger partial charge on any atom is 0.143 e. The summed E-state index contributed by atoms with van der Waals surface area (Å²) in [6.07, 6.45) is 3.27. The van der Waals surface area contributed by atoms with Crippen LogP contribution in [0.25, 0.3) is 0 Å². The average Bonchev–Trinajstić information content (AvgIpc) is 2.95. The van der Waals surface area contributed by atoms with Crippen molar-refractivity contribution in [2.45, 2.75) is 19.3 Å². The number of hydrogen-bond donors (Lipinski definition) is 0. The SMILES string of the molecule is N#Cc1cc(F)c(Cl)cc1CC1CC1. The first-order chi connectivity index (χ1) is 6.70. The van der Waals surface area contributed by atoms with Crippen molar-refractivity contribution in [2.75, 3.05) is 0 Å². The minimum atomic E-state index is -0.511. The van der Waals surface area contributed by atoms with Gasteiger partial charge < -0.3 is 0 Å². The fourth-order valence-corrected chi connectivity index (χ4v) is 1.68. The number of benzene rings is 1. The van der Waals surface area contributed by atoms with E-state index >= 15 is 0 Å². The molecule has 0 atom stereocenters. The quantitative estimate of drug-likeness (QED) is 0.733. The third-order valence-corrected chi connectivity index (χ3v) is 2.76. The topological polar surface area (TPSA) is 23.8 Å². The lowest BCUT2D eigenvalue weighted by Gasteiger charge is -2.04. The Morgan fingerprint density at radius 3 is 2.79 bits per heavy atom. The highest BCUT2D eigenvalue weighted by Crippen LogP contribution is 2.34. The van der Waals surface area contributed by atoms with Crippen molar-refractivity contribution >= 4 is 11.6 Å². The summed E-state index contributed by atoms with van der Waals surface area (Å²) in [5, 5.41) is 8.92. The molecule has 0 bridgehead atoms. The van der Waals surface area contributed by atoms with E-state index in [0.717, 1.165) is 12.0 Å². The third kappa shape index (κ3) is 1.88. The molecule has 0 unspecified atom stereocenters. The van der Waals surface area contributed by atoms with Crippen LogP contribution < -0.4 is 0 Å². The number of halogens is 2. The van der Waals surface area contributed by atoms with Gasteiger partial charge in [0.2, 0.25) is 0 Å². The van der Waals surface area contributed by atoms with Crippen LogP contribution in [0.1, 0.15) is 24.0 Å². The molecule has 0 radical (unpaired) electrons. The molecule has 1 aromatic carbocycles. The molecule has 1 fully saturated rings. The van der Waals surface area contributed by atoms with Crippen molar-refractivity contribution in [2.24, 2.45) is 5.92 Å². The van der Waals surface area contributed by atoms with Gasteiger partial charge in [-0.1, -0.05) is 11.6 Å². The molecule has 2 rings (SSSR count). The fraction of sp³-hybridized carbons (Fsp3) is 0.364. The van der Waals surface area contributed by atoms with Crippen LogP contribution in [0.2, 0.25) is 5.02 Å². The zero-order chi connectivity index (χ0) is 10.1. The molecular weight excluding hydrogens is 201 g/mol. The molecule has 14 heavy (non-hydrogen) atoms. The van der Waals surface area contributed by atoms with Gasteiger partial charge in [-0.25, -0.2) is 4.39 Å². The normalized spacial score (nSPS) is 15.2. The lowest BCUT2D eigenvalue weighted by Crippen LogP contribution is -1.94. The van der Waals surface area contributed by atoms with Crippen LogP contribution in [0, 0.1) is 23.1 Å². The van der Waals surface area contributed by atoms with Gasteiger partial charge in [-0.05, 0) is 42.9 Å². The summed E-state index contributed by atoms with van der Waals surface area (Å²) in [6, 6.07) is 4.80. The molecule has 0 amide bonds. The van der Waals surface area contributed by atoms with Crippen LogP contribution in [0.5, 0.6) is 0 Å². The molecule has 3 heteroatoms. The Labute approximate surface area is 87.1 Å². The van der Waals surface area contributed by atoms with E-state index in [9.17, 15) is 4.39 Å². The first-order valence-corrected chi connectivity index (χ1v) is 4.96. The van der Waals surface area contributed by atoms with E-state index in [1.165, 1.54) is 18.9 Å². The monoisotopic (exact) mass is 209 g/mol. The van der Waals surface area contributed by atoms with Gasteiger partial charge in [0, 0.05) is 0 Å². The van der Waals surface area contributed by atoms with E-state index < -0.39 is 5.82 Å². The number of hydrogen-bond acceptors (Lipinski definition) is 1. The minimum absolute atomic E-state index is 0.111. The average molecular weight is 210 g/mol. The lowest BCUT2D eigenvalue weighted by molar-refractivity contribution is 0.626. The Morgan fingerprint density at radius 1 is 1.50 bits per heavy atom.